The van der Waals surface area contributed by atoms with Crippen molar-refractivity contribution in [1.29, 1.82) is 0 Å². The van der Waals surface area contributed by atoms with Gasteiger partial charge in [-0.25, -0.2) is 9.97 Å². The Hall–Kier alpha value is -0.960. The van der Waals surface area contributed by atoms with Crippen LogP contribution < -0.4 is 0 Å². The number of rotatable bonds is 3. The first kappa shape index (κ1) is 7.15. The molecule has 0 atom stereocenters. The Kier molecular flexibility index (Phi) is 2.83. The Morgan fingerprint density at radius 3 is 3.10 bits per heavy atom. The van der Waals surface area contributed by atoms with E-state index in [2.05, 4.69) is 9.97 Å². The van der Waals surface area contributed by atoms with Gasteiger partial charge in [0.1, 0.15) is 6.33 Å². The first-order valence-corrected chi connectivity index (χ1v) is 3.17. The van der Waals surface area contributed by atoms with Gasteiger partial charge in [0.2, 0.25) is 0 Å². The van der Waals surface area contributed by atoms with Crippen LogP contribution in [0.2, 0.25) is 0 Å². The van der Waals surface area contributed by atoms with Crippen molar-refractivity contribution in [1.82, 2.24) is 9.97 Å². The third-order valence-electron chi connectivity index (χ3n) is 1.21. The molecule has 1 heterocycles. The molecule has 1 rings (SSSR count). The van der Waals surface area contributed by atoms with E-state index in [0.29, 0.717) is 0 Å². The molecule has 0 saturated heterocycles. The third kappa shape index (κ3) is 2.11. The minimum atomic E-state index is 0.719. The summed E-state index contributed by atoms with van der Waals surface area (Å²) in [6.07, 6.45) is 4.14. The molecule has 0 fully saturated rings. The summed E-state index contributed by atoms with van der Waals surface area (Å²) >= 11 is 0. The maximum absolute atomic E-state index is 4.89. The third-order valence-corrected chi connectivity index (χ3v) is 1.21. The summed E-state index contributed by atoms with van der Waals surface area (Å²) in [6.45, 7) is 0.719. The highest BCUT2D eigenvalue weighted by Crippen LogP contribution is 1.91. The van der Waals surface area contributed by atoms with Gasteiger partial charge in [0, 0.05) is 25.4 Å². The van der Waals surface area contributed by atoms with Gasteiger partial charge < -0.3 is 4.74 Å². The number of nitrogens with zero attached hydrogens (tertiary/aromatic N) is 2. The second kappa shape index (κ2) is 3.95. The molecule has 0 unspecified atom stereocenters. The summed E-state index contributed by atoms with van der Waals surface area (Å²) in [5.74, 6) is 0. The standard InChI is InChI=1S/C7H10N2O/c1-10-5-3-7-2-4-8-6-9-7/h2,4,6H,3,5H2,1H3. The SMILES string of the molecule is COCCc1ccncn1. The summed E-state index contributed by atoms with van der Waals surface area (Å²) < 4.78 is 4.89. The molecule has 1 aromatic rings. The minimum absolute atomic E-state index is 0.719. The second-order valence-electron chi connectivity index (χ2n) is 1.94. The van der Waals surface area contributed by atoms with Gasteiger partial charge in [-0.3, -0.25) is 0 Å². The Balaban J connectivity index is 2.43. The van der Waals surface area contributed by atoms with Crippen LogP contribution in [0, 0.1) is 0 Å². The van der Waals surface area contributed by atoms with Crippen LogP contribution in [-0.2, 0) is 11.2 Å². The molecule has 0 spiro atoms. The van der Waals surface area contributed by atoms with Gasteiger partial charge in [0.15, 0.2) is 0 Å². The van der Waals surface area contributed by atoms with E-state index in [1.165, 1.54) is 0 Å². The van der Waals surface area contributed by atoms with Crippen LogP contribution in [0.5, 0.6) is 0 Å². The Morgan fingerprint density at radius 2 is 2.50 bits per heavy atom. The largest absolute Gasteiger partial charge is 0.384 e. The summed E-state index contributed by atoms with van der Waals surface area (Å²) in [7, 11) is 1.68. The molecule has 0 aromatic carbocycles. The highest BCUT2D eigenvalue weighted by molar-refractivity contribution is 4.97. The van der Waals surface area contributed by atoms with Gasteiger partial charge >= 0.3 is 0 Å². The van der Waals surface area contributed by atoms with E-state index in [1.54, 1.807) is 19.6 Å². The van der Waals surface area contributed by atoms with E-state index in [-0.39, 0.29) is 0 Å². The molecule has 0 radical (unpaired) electrons. The molecule has 0 aliphatic rings. The summed E-state index contributed by atoms with van der Waals surface area (Å²) in [4.78, 5) is 7.83. The van der Waals surface area contributed by atoms with Crippen molar-refractivity contribution in [2.45, 2.75) is 6.42 Å². The molecule has 3 nitrogen and oxygen atoms in total. The molecule has 10 heavy (non-hydrogen) atoms. The zero-order valence-electron chi connectivity index (χ0n) is 5.95. The lowest BCUT2D eigenvalue weighted by Gasteiger charge is -1.96. The van der Waals surface area contributed by atoms with E-state index in [9.17, 15) is 0 Å². The van der Waals surface area contributed by atoms with E-state index in [1.807, 2.05) is 6.07 Å². The predicted molar refractivity (Wildman–Crippen MR) is 37.6 cm³/mol. The lowest BCUT2D eigenvalue weighted by molar-refractivity contribution is 0.201. The van der Waals surface area contributed by atoms with E-state index in [0.717, 1.165) is 18.7 Å². The lowest BCUT2D eigenvalue weighted by atomic mass is 10.3. The minimum Gasteiger partial charge on any atom is -0.384 e. The van der Waals surface area contributed by atoms with E-state index in [4.69, 9.17) is 4.74 Å². The van der Waals surface area contributed by atoms with Crippen molar-refractivity contribution in [2.24, 2.45) is 0 Å². The fraction of sp³-hybridized carbons (Fsp3) is 0.429. The molecule has 1 aromatic heterocycles. The van der Waals surface area contributed by atoms with Gasteiger partial charge in [0.25, 0.3) is 0 Å². The molecule has 0 amide bonds. The lowest BCUT2D eigenvalue weighted by Crippen LogP contribution is -1.96. The number of hydrogen-bond acceptors (Lipinski definition) is 3. The van der Waals surface area contributed by atoms with Gasteiger partial charge in [-0.2, -0.15) is 0 Å². The van der Waals surface area contributed by atoms with Crippen LogP contribution in [0.25, 0.3) is 0 Å². The van der Waals surface area contributed by atoms with Crippen molar-refractivity contribution in [2.75, 3.05) is 13.7 Å². The molecule has 0 aliphatic carbocycles. The van der Waals surface area contributed by atoms with E-state index >= 15 is 0 Å². The van der Waals surface area contributed by atoms with Crippen molar-refractivity contribution >= 4 is 0 Å². The van der Waals surface area contributed by atoms with Crippen LogP contribution in [-0.4, -0.2) is 23.7 Å². The zero-order chi connectivity index (χ0) is 7.23. The van der Waals surface area contributed by atoms with Crippen LogP contribution >= 0.6 is 0 Å². The zero-order valence-corrected chi connectivity index (χ0v) is 5.95. The fourth-order valence-corrected chi connectivity index (χ4v) is 0.673. The first-order chi connectivity index (χ1) is 4.93. The monoisotopic (exact) mass is 138 g/mol. The highest BCUT2D eigenvalue weighted by atomic mass is 16.5. The Bertz CT molecular complexity index is 176. The number of ether oxygens (including phenoxy) is 1. The second-order valence-corrected chi connectivity index (χ2v) is 1.94. The van der Waals surface area contributed by atoms with Crippen molar-refractivity contribution < 1.29 is 4.74 Å². The number of hydrogen-bond donors (Lipinski definition) is 0. The molecule has 0 N–H and O–H groups in total. The fourth-order valence-electron chi connectivity index (χ4n) is 0.673. The maximum Gasteiger partial charge on any atom is 0.115 e. The van der Waals surface area contributed by atoms with Crippen molar-refractivity contribution in [3.8, 4) is 0 Å². The molecular formula is C7H10N2O. The summed E-state index contributed by atoms with van der Waals surface area (Å²) in [5, 5.41) is 0. The molecule has 3 heteroatoms. The van der Waals surface area contributed by atoms with Crippen LogP contribution in [0.4, 0.5) is 0 Å². The van der Waals surface area contributed by atoms with Gasteiger partial charge in [0.05, 0.1) is 6.61 Å². The first-order valence-electron chi connectivity index (χ1n) is 3.17. The van der Waals surface area contributed by atoms with Crippen molar-refractivity contribution in [3.05, 3.63) is 24.3 Å². The topological polar surface area (TPSA) is 35.0 Å². The molecule has 0 aliphatic heterocycles. The van der Waals surface area contributed by atoms with Gasteiger partial charge in [-0.15, -0.1) is 0 Å². The van der Waals surface area contributed by atoms with Gasteiger partial charge in [-0.05, 0) is 6.07 Å². The molecular weight excluding hydrogens is 128 g/mol. The average molecular weight is 138 g/mol. The molecule has 54 valence electrons. The van der Waals surface area contributed by atoms with Crippen molar-refractivity contribution in [3.63, 3.8) is 0 Å². The summed E-state index contributed by atoms with van der Waals surface area (Å²) in [5.41, 5.74) is 1.02. The summed E-state index contributed by atoms with van der Waals surface area (Å²) in [6, 6.07) is 1.89. The van der Waals surface area contributed by atoms with Crippen LogP contribution in [0.3, 0.4) is 0 Å². The molecule has 0 bridgehead atoms. The quantitative estimate of drug-likeness (QED) is 0.615. The average Bonchev–Trinajstić information content (AvgIpc) is 2.03. The van der Waals surface area contributed by atoms with Crippen LogP contribution in [0.1, 0.15) is 5.69 Å². The van der Waals surface area contributed by atoms with Crippen LogP contribution in [0.15, 0.2) is 18.6 Å². The Morgan fingerprint density at radius 1 is 1.60 bits per heavy atom. The highest BCUT2D eigenvalue weighted by Gasteiger charge is 1.89. The van der Waals surface area contributed by atoms with E-state index < -0.39 is 0 Å². The maximum atomic E-state index is 4.89. The number of methoxy groups -OCH3 is 1. The molecule has 0 saturated carbocycles. The van der Waals surface area contributed by atoms with Gasteiger partial charge in [-0.1, -0.05) is 0 Å². The number of aromatic nitrogens is 2. The Labute approximate surface area is 60.1 Å². The normalized spacial score (nSPS) is 9.70. The predicted octanol–water partition coefficient (Wildman–Crippen LogP) is 0.665. The smallest absolute Gasteiger partial charge is 0.115 e.